The summed E-state index contributed by atoms with van der Waals surface area (Å²) in [7, 11) is 0. The van der Waals surface area contributed by atoms with Crippen LogP contribution >= 0.6 is 0 Å². The zero-order valence-corrected chi connectivity index (χ0v) is 3.16. The summed E-state index contributed by atoms with van der Waals surface area (Å²) in [6, 6.07) is 0. The Balaban J connectivity index is 0. The predicted molar refractivity (Wildman–Crippen MR) is 26.7 cm³/mol. The maximum atomic E-state index is 9.24. The van der Waals surface area contributed by atoms with Crippen molar-refractivity contribution >= 4 is 46.2 Å². The van der Waals surface area contributed by atoms with Crippen LogP contribution in [0.1, 0.15) is 0 Å². The molecule has 0 aromatic carbocycles. The van der Waals surface area contributed by atoms with Gasteiger partial charge >= 0.3 is 29.6 Å². The molecule has 0 saturated heterocycles. The molecule has 0 aromatic heterocycles. The minimum absolute atomic E-state index is 0. The van der Waals surface area contributed by atoms with Gasteiger partial charge in [0.1, 0.15) is 5.55 Å². The van der Waals surface area contributed by atoms with Crippen molar-refractivity contribution in [2.75, 3.05) is 0 Å². The summed E-state index contributed by atoms with van der Waals surface area (Å²) < 4.78 is 16.8. The molecule has 0 spiro atoms. The molecule has 0 aliphatic carbocycles. The van der Waals surface area contributed by atoms with E-state index >= 15 is 0 Å². The van der Waals surface area contributed by atoms with Crippen LogP contribution in [-0.2, 0) is 11.1 Å². The van der Waals surface area contributed by atoms with Gasteiger partial charge in [-0.15, -0.1) is 0 Å². The van der Waals surface area contributed by atoms with E-state index in [9.17, 15) is 4.21 Å². The summed E-state index contributed by atoms with van der Waals surface area (Å²) in [6.45, 7) is 0. The van der Waals surface area contributed by atoms with Gasteiger partial charge in [0.05, 0.1) is 0 Å². The van der Waals surface area contributed by atoms with Crippen LogP contribution in [0.4, 0.5) is 0 Å². The summed E-state index contributed by atoms with van der Waals surface area (Å²) in [4.78, 5) is 0. The molecule has 0 amide bonds. The third kappa shape index (κ3) is 8.84. The van der Waals surface area contributed by atoms with Crippen molar-refractivity contribution < 1.29 is 8.76 Å². The molecule has 0 saturated carbocycles. The van der Waals surface area contributed by atoms with E-state index in [1.165, 1.54) is 0 Å². The van der Waals surface area contributed by atoms with Gasteiger partial charge in [-0.1, -0.05) is 0 Å². The molecule has 0 fully saturated rings. The van der Waals surface area contributed by atoms with Crippen molar-refractivity contribution in [1.82, 2.24) is 0 Å². The van der Waals surface area contributed by atoms with Crippen LogP contribution in [0.3, 0.4) is 0 Å². The van der Waals surface area contributed by atoms with Crippen LogP contribution in [0, 0.1) is 5.41 Å². The Morgan fingerprint density at radius 2 is 2.00 bits per heavy atom. The molecule has 1 atom stereocenters. The van der Waals surface area contributed by atoms with Crippen molar-refractivity contribution in [2.45, 2.75) is 0 Å². The molecule has 6 heavy (non-hydrogen) atoms. The van der Waals surface area contributed by atoms with E-state index in [4.69, 9.17) is 9.96 Å². The van der Waals surface area contributed by atoms with E-state index in [-0.39, 0.29) is 29.6 Å². The molecule has 1 unspecified atom stereocenters. The van der Waals surface area contributed by atoms with E-state index in [1.54, 1.807) is 0 Å². The van der Waals surface area contributed by atoms with E-state index in [2.05, 4.69) is 0 Å². The van der Waals surface area contributed by atoms with Gasteiger partial charge in [0.15, 0.2) is 11.1 Å². The monoisotopic (exact) mass is 117 g/mol. The van der Waals surface area contributed by atoms with E-state index < -0.39 is 11.1 Å². The van der Waals surface area contributed by atoms with Crippen molar-refractivity contribution in [3.8, 4) is 0 Å². The van der Waals surface area contributed by atoms with Crippen molar-refractivity contribution in [2.24, 2.45) is 0 Å². The van der Waals surface area contributed by atoms with E-state index in [0.717, 1.165) is 0 Å². The fourth-order valence-electron chi connectivity index (χ4n) is 0. The van der Waals surface area contributed by atoms with Crippen molar-refractivity contribution in [3.63, 3.8) is 0 Å². The molecule has 0 aliphatic heterocycles. The second-order valence-corrected chi connectivity index (χ2v) is 1.18. The predicted octanol–water partition coefficient (Wildman–Crippen LogP) is -0.833. The van der Waals surface area contributed by atoms with Crippen molar-refractivity contribution in [1.29, 1.82) is 5.41 Å². The summed E-state index contributed by atoms with van der Waals surface area (Å²) in [5, 5.41) is 5.98. The summed E-state index contributed by atoms with van der Waals surface area (Å²) >= 11 is -2.03. The third-order valence-corrected chi connectivity index (χ3v) is 0.302. The van der Waals surface area contributed by atoms with E-state index in [0.29, 0.717) is 5.55 Å². The van der Waals surface area contributed by atoms with Gasteiger partial charge in [0.25, 0.3) is 0 Å². The number of nitrogens with one attached hydrogen (secondary N) is 1. The number of hydrogen-bond donors (Lipinski definition) is 2. The molecule has 3 nitrogen and oxygen atoms in total. The second kappa shape index (κ2) is 5.78. The van der Waals surface area contributed by atoms with Gasteiger partial charge in [-0.3, -0.25) is 5.41 Å². The van der Waals surface area contributed by atoms with Gasteiger partial charge in [-0.05, 0) is 0 Å². The Labute approximate surface area is 60.2 Å². The van der Waals surface area contributed by atoms with Gasteiger partial charge < -0.3 is 4.55 Å². The van der Waals surface area contributed by atoms with Crippen LogP contribution in [0.5, 0.6) is 0 Å². The molecule has 0 rings (SSSR count). The normalized spacial score (nSPS) is 11.5. The fraction of sp³-hybridized carbons (Fsp3) is 0. The zero-order valence-electron chi connectivity index (χ0n) is 2.34. The molecular weight excluding hydrogens is 113 g/mol. The standard InChI is InChI=1S/CH3NO2S.Na.H/c2-1-5(3)4;;/h1-2H,(H,3,4);;. The number of rotatable bonds is 1. The SMILES string of the molecule is N=CS(=O)O.[NaH]. The van der Waals surface area contributed by atoms with Gasteiger partial charge in [-0.2, -0.15) is 0 Å². The first kappa shape index (κ1) is 9.91. The van der Waals surface area contributed by atoms with Crippen LogP contribution in [0.25, 0.3) is 0 Å². The van der Waals surface area contributed by atoms with Crippen LogP contribution in [0.15, 0.2) is 0 Å². The Hall–Kier alpha value is 0.780. The molecule has 0 aromatic rings. The van der Waals surface area contributed by atoms with Gasteiger partial charge in [-0.25, -0.2) is 4.21 Å². The molecule has 0 heterocycles. The first-order valence-electron chi connectivity index (χ1n) is 0.874. The maximum absolute atomic E-state index is 9.24. The molecule has 0 radical (unpaired) electrons. The molecular formula is CH4NNaO2S. The zero-order chi connectivity index (χ0) is 4.28. The first-order chi connectivity index (χ1) is 2.27. The molecule has 0 bridgehead atoms. The second-order valence-electron chi connectivity index (χ2n) is 0.394. The Morgan fingerprint density at radius 1 is 1.83 bits per heavy atom. The summed E-state index contributed by atoms with van der Waals surface area (Å²) in [6.07, 6.45) is 0. The van der Waals surface area contributed by atoms with Crippen LogP contribution < -0.4 is 0 Å². The molecule has 2 N–H and O–H groups in total. The average molecular weight is 117 g/mol. The topological polar surface area (TPSA) is 61.2 Å². The first-order valence-corrected chi connectivity index (χ1v) is 2.04. The Kier molecular flexibility index (Phi) is 9.55. The van der Waals surface area contributed by atoms with Gasteiger partial charge in [0.2, 0.25) is 0 Å². The molecule has 5 heteroatoms. The number of hydrogen-bond acceptors (Lipinski definition) is 2. The van der Waals surface area contributed by atoms with E-state index in [1.807, 2.05) is 0 Å². The van der Waals surface area contributed by atoms with Crippen LogP contribution in [0.2, 0.25) is 0 Å². The Morgan fingerprint density at radius 3 is 2.00 bits per heavy atom. The summed E-state index contributed by atoms with van der Waals surface area (Å²) in [5.74, 6) is 0. The molecule has 32 valence electrons. The van der Waals surface area contributed by atoms with Crippen molar-refractivity contribution in [3.05, 3.63) is 0 Å². The fourth-order valence-corrected chi connectivity index (χ4v) is 0. The quantitative estimate of drug-likeness (QED) is 0.204. The molecule has 0 aliphatic rings. The van der Waals surface area contributed by atoms with Gasteiger partial charge in [0, 0.05) is 0 Å². The summed E-state index contributed by atoms with van der Waals surface area (Å²) in [5.41, 5.74) is 0.444. The third-order valence-electron chi connectivity index (χ3n) is 0.101. The van der Waals surface area contributed by atoms with Crippen LogP contribution in [-0.4, -0.2) is 43.9 Å². The average Bonchev–Trinajstić information content (AvgIpc) is 1.38. The Bertz CT molecular complexity index is 64.6. The minimum atomic E-state index is -2.03.